The van der Waals surface area contributed by atoms with Gasteiger partial charge in [-0.15, -0.1) is 0 Å². The van der Waals surface area contributed by atoms with Crippen LogP contribution >= 0.6 is 15.9 Å². The first kappa shape index (κ1) is 13.5. The fourth-order valence-corrected chi connectivity index (χ4v) is 2.18. The lowest BCUT2D eigenvalue weighted by molar-refractivity contribution is -0.385. The number of nitro groups is 1. The third-order valence-electron chi connectivity index (χ3n) is 2.72. The Bertz CT molecular complexity index is 614. The summed E-state index contributed by atoms with van der Waals surface area (Å²) in [6.45, 7) is 2.68. The summed E-state index contributed by atoms with van der Waals surface area (Å²) >= 11 is 3.17. The quantitative estimate of drug-likeness (QED) is 0.675. The minimum atomic E-state index is -0.401. The van der Waals surface area contributed by atoms with Crippen LogP contribution in [0.2, 0.25) is 0 Å². The van der Waals surface area contributed by atoms with Gasteiger partial charge in [0.25, 0.3) is 5.69 Å². The van der Waals surface area contributed by atoms with Crippen LogP contribution in [0.4, 0.5) is 11.4 Å². The Morgan fingerprint density at radius 1 is 1.26 bits per heavy atom. The van der Waals surface area contributed by atoms with E-state index in [2.05, 4.69) is 27.3 Å². The Kier molecular flexibility index (Phi) is 4.16. The molecule has 0 heterocycles. The first-order chi connectivity index (χ1) is 9.06. The van der Waals surface area contributed by atoms with E-state index >= 15 is 0 Å². The van der Waals surface area contributed by atoms with E-state index in [1.165, 1.54) is 11.6 Å². The molecule has 2 rings (SSSR count). The average molecular weight is 321 g/mol. The van der Waals surface area contributed by atoms with Crippen LogP contribution in [0.3, 0.4) is 0 Å². The highest BCUT2D eigenvalue weighted by molar-refractivity contribution is 9.10. The lowest BCUT2D eigenvalue weighted by atomic mass is 10.1. The Labute approximate surface area is 119 Å². The van der Waals surface area contributed by atoms with Crippen LogP contribution in [-0.4, -0.2) is 4.92 Å². The first-order valence-corrected chi connectivity index (χ1v) is 6.59. The van der Waals surface area contributed by atoms with Gasteiger partial charge in [0.2, 0.25) is 0 Å². The SMILES string of the molecule is Cc1cccc(CNc2ccc(Br)c([N+](=O)[O-])c2)c1. The van der Waals surface area contributed by atoms with Crippen LogP contribution < -0.4 is 5.32 Å². The number of nitrogens with zero attached hydrogens (tertiary/aromatic N) is 1. The van der Waals surface area contributed by atoms with Crippen molar-refractivity contribution in [2.24, 2.45) is 0 Å². The second-order valence-corrected chi connectivity index (χ2v) is 5.12. The van der Waals surface area contributed by atoms with Crippen molar-refractivity contribution in [3.05, 3.63) is 68.2 Å². The highest BCUT2D eigenvalue weighted by Gasteiger charge is 2.11. The third kappa shape index (κ3) is 3.54. The van der Waals surface area contributed by atoms with E-state index < -0.39 is 4.92 Å². The molecule has 19 heavy (non-hydrogen) atoms. The number of hydrogen-bond donors (Lipinski definition) is 1. The summed E-state index contributed by atoms with van der Waals surface area (Å²) in [5.74, 6) is 0. The largest absolute Gasteiger partial charge is 0.381 e. The Morgan fingerprint density at radius 3 is 2.74 bits per heavy atom. The predicted molar refractivity (Wildman–Crippen MR) is 79.3 cm³/mol. The number of rotatable bonds is 4. The molecule has 0 fully saturated rings. The molecule has 0 amide bonds. The lowest BCUT2D eigenvalue weighted by Crippen LogP contribution is -2.00. The molecule has 0 aliphatic heterocycles. The smallest absolute Gasteiger partial charge is 0.285 e. The molecule has 0 saturated heterocycles. The maximum atomic E-state index is 10.8. The van der Waals surface area contributed by atoms with Gasteiger partial charge in [-0.1, -0.05) is 29.8 Å². The molecule has 1 N–H and O–H groups in total. The topological polar surface area (TPSA) is 55.2 Å². The highest BCUT2D eigenvalue weighted by atomic mass is 79.9. The molecular weight excluding hydrogens is 308 g/mol. The number of benzene rings is 2. The molecule has 2 aromatic rings. The molecule has 0 spiro atoms. The van der Waals surface area contributed by atoms with Crippen molar-refractivity contribution >= 4 is 27.3 Å². The van der Waals surface area contributed by atoms with Gasteiger partial charge >= 0.3 is 0 Å². The Morgan fingerprint density at radius 2 is 2.05 bits per heavy atom. The maximum absolute atomic E-state index is 10.8. The number of halogens is 1. The van der Waals surface area contributed by atoms with Gasteiger partial charge in [0.1, 0.15) is 0 Å². The van der Waals surface area contributed by atoms with Crippen molar-refractivity contribution in [1.29, 1.82) is 0 Å². The normalized spacial score (nSPS) is 10.2. The molecule has 5 heteroatoms. The molecule has 0 radical (unpaired) electrons. The summed E-state index contributed by atoms with van der Waals surface area (Å²) < 4.78 is 0.485. The predicted octanol–water partition coefficient (Wildman–Crippen LogP) is 4.28. The zero-order valence-corrected chi connectivity index (χ0v) is 12.0. The van der Waals surface area contributed by atoms with Gasteiger partial charge < -0.3 is 5.32 Å². The highest BCUT2D eigenvalue weighted by Crippen LogP contribution is 2.28. The minimum Gasteiger partial charge on any atom is -0.381 e. The van der Waals surface area contributed by atoms with E-state index in [4.69, 9.17) is 0 Å². The number of anilines is 1. The van der Waals surface area contributed by atoms with Crippen LogP contribution in [0, 0.1) is 17.0 Å². The molecule has 0 aliphatic carbocycles. The van der Waals surface area contributed by atoms with Crippen LogP contribution in [0.5, 0.6) is 0 Å². The van der Waals surface area contributed by atoms with Gasteiger partial charge in [-0.3, -0.25) is 10.1 Å². The first-order valence-electron chi connectivity index (χ1n) is 5.79. The fraction of sp³-hybridized carbons (Fsp3) is 0.143. The van der Waals surface area contributed by atoms with Crippen LogP contribution in [0.1, 0.15) is 11.1 Å². The molecule has 0 aromatic heterocycles. The molecule has 0 unspecified atom stereocenters. The summed E-state index contributed by atoms with van der Waals surface area (Å²) in [6, 6.07) is 13.2. The van der Waals surface area contributed by atoms with E-state index in [9.17, 15) is 10.1 Å². The molecule has 0 aliphatic rings. The van der Waals surface area contributed by atoms with Crippen molar-refractivity contribution < 1.29 is 4.92 Å². The van der Waals surface area contributed by atoms with Gasteiger partial charge in [-0.25, -0.2) is 0 Å². The average Bonchev–Trinajstić information content (AvgIpc) is 2.37. The van der Waals surface area contributed by atoms with Crippen molar-refractivity contribution in [2.45, 2.75) is 13.5 Å². The van der Waals surface area contributed by atoms with Crippen LogP contribution in [0.25, 0.3) is 0 Å². The molecular formula is C14H13BrN2O2. The molecule has 0 bridgehead atoms. The molecule has 0 saturated carbocycles. The monoisotopic (exact) mass is 320 g/mol. The number of aryl methyl sites for hydroxylation is 1. The second kappa shape index (κ2) is 5.84. The summed E-state index contributed by atoms with van der Waals surface area (Å²) in [4.78, 5) is 10.4. The van der Waals surface area contributed by atoms with E-state index in [-0.39, 0.29) is 5.69 Å². The van der Waals surface area contributed by atoms with Crippen molar-refractivity contribution in [3.63, 3.8) is 0 Å². The number of hydrogen-bond acceptors (Lipinski definition) is 3. The summed E-state index contributed by atoms with van der Waals surface area (Å²) in [7, 11) is 0. The Balaban J connectivity index is 2.12. The minimum absolute atomic E-state index is 0.0641. The lowest BCUT2D eigenvalue weighted by Gasteiger charge is -2.07. The van der Waals surface area contributed by atoms with Crippen LogP contribution in [0.15, 0.2) is 46.9 Å². The summed E-state index contributed by atoms with van der Waals surface area (Å²) in [6.07, 6.45) is 0. The molecule has 0 atom stereocenters. The van der Waals surface area contributed by atoms with Crippen molar-refractivity contribution in [3.8, 4) is 0 Å². The van der Waals surface area contributed by atoms with E-state index in [1.54, 1.807) is 6.07 Å². The van der Waals surface area contributed by atoms with Crippen molar-refractivity contribution in [2.75, 3.05) is 5.32 Å². The van der Waals surface area contributed by atoms with Gasteiger partial charge in [-0.05, 0) is 40.5 Å². The van der Waals surface area contributed by atoms with E-state index in [0.29, 0.717) is 11.0 Å². The molecule has 2 aromatic carbocycles. The van der Waals surface area contributed by atoms with Gasteiger partial charge in [0.05, 0.1) is 9.40 Å². The zero-order chi connectivity index (χ0) is 13.8. The summed E-state index contributed by atoms with van der Waals surface area (Å²) in [5.41, 5.74) is 3.14. The Hall–Kier alpha value is -1.88. The van der Waals surface area contributed by atoms with E-state index in [1.807, 2.05) is 31.2 Å². The zero-order valence-electron chi connectivity index (χ0n) is 10.4. The standard InChI is InChI=1S/C14H13BrN2O2/c1-10-3-2-4-11(7-10)9-16-12-5-6-13(15)14(8-12)17(18)19/h2-8,16H,9H2,1H3. The maximum Gasteiger partial charge on any atom is 0.285 e. The molecule has 4 nitrogen and oxygen atoms in total. The van der Waals surface area contributed by atoms with Crippen LogP contribution in [-0.2, 0) is 6.54 Å². The second-order valence-electron chi connectivity index (χ2n) is 4.27. The van der Waals surface area contributed by atoms with E-state index in [0.717, 1.165) is 11.3 Å². The number of nitrogens with one attached hydrogen (secondary N) is 1. The van der Waals surface area contributed by atoms with Gasteiger partial charge in [-0.2, -0.15) is 0 Å². The molecule has 98 valence electrons. The van der Waals surface area contributed by atoms with Gasteiger partial charge in [0.15, 0.2) is 0 Å². The number of nitro benzene ring substituents is 1. The van der Waals surface area contributed by atoms with Crippen molar-refractivity contribution in [1.82, 2.24) is 0 Å². The fourth-order valence-electron chi connectivity index (χ4n) is 1.79. The van der Waals surface area contributed by atoms with Gasteiger partial charge in [0, 0.05) is 18.3 Å². The third-order valence-corrected chi connectivity index (χ3v) is 3.39. The summed E-state index contributed by atoms with van der Waals surface area (Å²) in [5, 5.41) is 14.0.